The lowest BCUT2D eigenvalue weighted by Gasteiger charge is -1.92. The molecule has 0 saturated heterocycles. The summed E-state index contributed by atoms with van der Waals surface area (Å²) in [7, 11) is 0. The normalized spacial score (nSPS) is 8.80. The summed E-state index contributed by atoms with van der Waals surface area (Å²) in [6.07, 6.45) is 3.62. The zero-order valence-electron chi connectivity index (χ0n) is 5.70. The predicted molar refractivity (Wildman–Crippen MR) is 36.1 cm³/mol. The number of hydrogen-bond donors (Lipinski definition) is 0. The molecule has 0 fully saturated rings. The van der Waals surface area contributed by atoms with Crippen LogP contribution in [0, 0.1) is 18.3 Å². The number of aryl methyl sites for hydroxylation is 1. The van der Waals surface area contributed by atoms with Crippen LogP contribution in [0.2, 0.25) is 0 Å². The maximum Gasteiger partial charge on any atom is 0.0790 e. The lowest BCUT2D eigenvalue weighted by molar-refractivity contribution is 1.01. The minimum absolute atomic E-state index is 0.342. The molecule has 0 unspecified atom stereocenters. The first-order chi connectivity index (χ1) is 4.83. The number of nitrogens with zero attached hydrogens (tertiary/aromatic N) is 3. The van der Waals surface area contributed by atoms with Crippen LogP contribution in [-0.2, 0) is 6.42 Å². The molecule has 1 aromatic heterocycles. The SMILES string of the molecule is Cc1cncc(CC#N)n1. The fraction of sp³-hybridized carbons (Fsp3) is 0.286. The molecule has 0 aliphatic carbocycles. The second-order valence-electron chi connectivity index (χ2n) is 1.99. The molecule has 0 aliphatic heterocycles. The van der Waals surface area contributed by atoms with Gasteiger partial charge in [-0.3, -0.25) is 9.97 Å². The first-order valence-corrected chi connectivity index (χ1v) is 2.97. The van der Waals surface area contributed by atoms with Crippen LogP contribution in [0.3, 0.4) is 0 Å². The van der Waals surface area contributed by atoms with E-state index in [9.17, 15) is 0 Å². The quantitative estimate of drug-likeness (QED) is 0.570. The van der Waals surface area contributed by atoms with E-state index in [0.29, 0.717) is 6.42 Å². The molecule has 1 aromatic rings. The van der Waals surface area contributed by atoms with E-state index in [2.05, 4.69) is 9.97 Å². The van der Waals surface area contributed by atoms with Crippen molar-refractivity contribution in [3.8, 4) is 6.07 Å². The Bertz CT molecular complexity index is 262. The lowest BCUT2D eigenvalue weighted by Crippen LogP contribution is -1.91. The van der Waals surface area contributed by atoms with Crippen LogP contribution in [0.4, 0.5) is 0 Å². The highest BCUT2D eigenvalue weighted by Gasteiger charge is 1.91. The van der Waals surface area contributed by atoms with E-state index in [1.54, 1.807) is 12.4 Å². The summed E-state index contributed by atoms with van der Waals surface area (Å²) in [5.74, 6) is 0. The highest BCUT2D eigenvalue weighted by Crippen LogP contribution is 1.93. The van der Waals surface area contributed by atoms with E-state index >= 15 is 0 Å². The Hall–Kier alpha value is -1.43. The molecular formula is C7H7N3. The Morgan fingerprint density at radius 1 is 1.60 bits per heavy atom. The van der Waals surface area contributed by atoms with Gasteiger partial charge in [-0.25, -0.2) is 0 Å². The van der Waals surface area contributed by atoms with E-state index < -0.39 is 0 Å². The average molecular weight is 133 g/mol. The van der Waals surface area contributed by atoms with Crippen LogP contribution in [0.25, 0.3) is 0 Å². The van der Waals surface area contributed by atoms with Crippen molar-refractivity contribution in [2.24, 2.45) is 0 Å². The van der Waals surface area contributed by atoms with E-state index in [4.69, 9.17) is 5.26 Å². The molecule has 0 atom stereocenters. The first-order valence-electron chi connectivity index (χ1n) is 2.97. The Balaban J connectivity index is 2.87. The van der Waals surface area contributed by atoms with Gasteiger partial charge in [0.1, 0.15) is 0 Å². The highest BCUT2D eigenvalue weighted by molar-refractivity contribution is 5.05. The van der Waals surface area contributed by atoms with Crippen LogP contribution in [0.1, 0.15) is 11.4 Å². The van der Waals surface area contributed by atoms with Gasteiger partial charge in [0.25, 0.3) is 0 Å². The molecule has 0 amide bonds. The number of rotatable bonds is 1. The number of nitriles is 1. The lowest BCUT2D eigenvalue weighted by atomic mass is 10.3. The van der Waals surface area contributed by atoms with Crippen LogP contribution in [-0.4, -0.2) is 9.97 Å². The average Bonchev–Trinajstić information content (AvgIpc) is 1.88. The molecule has 1 rings (SSSR count). The zero-order chi connectivity index (χ0) is 7.40. The van der Waals surface area contributed by atoms with Gasteiger partial charge in [-0.1, -0.05) is 0 Å². The summed E-state index contributed by atoms with van der Waals surface area (Å²) < 4.78 is 0. The Morgan fingerprint density at radius 2 is 2.40 bits per heavy atom. The van der Waals surface area contributed by atoms with Crippen molar-refractivity contribution in [2.75, 3.05) is 0 Å². The van der Waals surface area contributed by atoms with Crippen LogP contribution in [0.5, 0.6) is 0 Å². The van der Waals surface area contributed by atoms with Gasteiger partial charge in [0.15, 0.2) is 0 Å². The monoisotopic (exact) mass is 133 g/mol. The van der Waals surface area contributed by atoms with Crippen molar-refractivity contribution in [3.63, 3.8) is 0 Å². The molecule has 50 valence electrons. The summed E-state index contributed by atoms with van der Waals surface area (Å²) >= 11 is 0. The highest BCUT2D eigenvalue weighted by atomic mass is 14.8. The van der Waals surface area contributed by atoms with Gasteiger partial charge < -0.3 is 0 Å². The molecule has 0 aliphatic rings. The van der Waals surface area contributed by atoms with Crippen molar-refractivity contribution in [2.45, 2.75) is 13.3 Å². The summed E-state index contributed by atoms with van der Waals surface area (Å²) in [6.45, 7) is 1.86. The minimum Gasteiger partial charge on any atom is -0.261 e. The summed E-state index contributed by atoms with van der Waals surface area (Å²) in [4.78, 5) is 7.97. The Kier molecular flexibility index (Phi) is 1.96. The second kappa shape index (κ2) is 2.92. The molecule has 0 bridgehead atoms. The fourth-order valence-electron chi connectivity index (χ4n) is 0.682. The Morgan fingerprint density at radius 3 is 3.00 bits per heavy atom. The molecule has 0 N–H and O–H groups in total. The summed E-state index contributed by atoms with van der Waals surface area (Å²) in [6, 6.07) is 2.01. The molecular weight excluding hydrogens is 126 g/mol. The maximum absolute atomic E-state index is 8.29. The third kappa shape index (κ3) is 1.52. The van der Waals surface area contributed by atoms with Crippen LogP contribution >= 0.6 is 0 Å². The van der Waals surface area contributed by atoms with Gasteiger partial charge in [-0.15, -0.1) is 0 Å². The first kappa shape index (κ1) is 6.69. The van der Waals surface area contributed by atoms with Gasteiger partial charge >= 0.3 is 0 Å². The number of hydrogen-bond acceptors (Lipinski definition) is 3. The standard InChI is InChI=1S/C7H7N3/c1-6-4-9-5-7(10-6)2-3-8/h4-5H,2H2,1H3. The van der Waals surface area contributed by atoms with Crippen molar-refractivity contribution in [3.05, 3.63) is 23.8 Å². The second-order valence-corrected chi connectivity index (χ2v) is 1.99. The van der Waals surface area contributed by atoms with Gasteiger partial charge in [0.05, 0.1) is 23.9 Å². The van der Waals surface area contributed by atoms with Crippen LogP contribution < -0.4 is 0 Å². The molecule has 3 nitrogen and oxygen atoms in total. The molecule has 0 saturated carbocycles. The smallest absolute Gasteiger partial charge is 0.0790 e. The maximum atomic E-state index is 8.29. The van der Waals surface area contributed by atoms with Gasteiger partial charge in [0, 0.05) is 12.4 Å². The van der Waals surface area contributed by atoms with Crippen molar-refractivity contribution in [1.29, 1.82) is 5.26 Å². The van der Waals surface area contributed by atoms with E-state index in [1.807, 2.05) is 13.0 Å². The van der Waals surface area contributed by atoms with Crippen molar-refractivity contribution >= 4 is 0 Å². The largest absolute Gasteiger partial charge is 0.261 e. The van der Waals surface area contributed by atoms with Crippen molar-refractivity contribution < 1.29 is 0 Å². The summed E-state index contributed by atoms with van der Waals surface area (Å²) in [5, 5.41) is 8.29. The fourth-order valence-corrected chi connectivity index (χ4v) is 0.682. The van der Waals surface area contributed by atoms with E-state index in [1.165, 1.54) is 0 Å². The Labute approximate surface area is 59.4 Å². The molecule has 0 spiro atoms. The predicted octanol–water partition coefficient (Wildman–Crippen LogP) is 0.851. The van der Waals surface area contributed by atoms with E-state index in [0.717, 1.165) is 11.4 Å². The minimum atomic E-state index is 0.342. The molecule has 1 heterocycles. The van der Waals surface area contributed by atoms with E-state index in [-0.39, 0.29) is 0 Å². The molecule has 3 heteroatoms. The van der Waals surface area contributed by atoms with Gasteiger partial charge in [0.2, 0.25) is 0 Å². The molecule has 0 aromatic carbocycles. The van der Waals surface area contributed by atoms with Crippen molar-refractivity contribution in [1.82, 2.24) is 9.97 Å². The zero-order valence-corrected chi connectivity index (χ0v) is 5.70. The van der Waals surface area contributed by atoms with Crippen LogP contribution in [0.15, 0.2) is 12.4 Å². The third-order valence-corrected chi connectivity index (χ3v) is 1.07. The van der Waals surface area contributed by atoms with Gasteiger partial charge in [-0.2, -0.15) is 5.26 Å². The topological polar surface area (TPSA) is 49.6 Å². The van der Waals surface area contributed by atoms with Gasteiger partial charge in [-0.05, 0) is 6.92 Å². The molecule has 0 radical (unpaired) electrons. The summed E-state index contributed by atoms with van der Waals surface area (Å²) in [5.41, 5.74) is 1.59. The third-order valence-electron chi connectivity index (χ3n) is 1.07. The number of aromatic nitrogens is 2. The molecule has 10 heavy (non-hydrogen) atoms.